The van der Waals surface area contributed by atoms with Crippen molar-refractivity contribution in [2.75, 3.05) is 0 Å². The minimum absolute atomic E-state index is 0.220. The van der Waals surface area contributed by atoms with Crippen LogP contribution >= 0.6 is 0 Å². The molecule has 0 saturated carbocycles. The molecule has 0 bridgehead atoms. The standard InChI is InChI=1S/C21H24F4/c1-15(11-17-5-3-7-19(13-17)21(23,24)25)9-10-16(2)12-18-6-4-8-20(22)14-18/h3-8,13-16H,9-12H2,1-2H3. The summed E-state index contributed by atoms with van der Waals surface area (Å²) in [5.74, 6) is 0.492. The fourth-order valence-corrected chi connectivity index (χ4v) is 3.12. The van der Waals surface area contributed by atoms with Crippen LogP contribution in [0, 0.1) is 17.7 Å². The van der Waals surface area contributed by atoms with E-state index in [1.165, 1.54) is 18.2 Å². The van der Waals surface area contributed by atoms with Crippen LogP contribution in [-0.4, -0.2) is 0 Å². The molecular weight excluding hydrogens is 328 g/mol. The summed E-state index contributed by atoms with van der Waals surface area (Å²) < 4.78 is 51.5. The van der Waals surface area contributed by atoms with Crippen LogP contribution in [0.25, 0.3) is 0 Å². The third kappa shape index (κ3) is 6.52. The molecule has 136 valence electrons. The molecule has 2 aromatic rings. The molecular formula is C21H24F4. The molecule has 0 amide bonds. The zero-order chi connectivity index (χ0) is 18.4. The predicted octanol–water partition coefficient (Wildman–Crippen LogP) is 6.68. The molecule has 0 aromatic heterocycles. The van der Waals surface area contributed by atoms with Crippen LogP contribution < -0.4 is 0 Å². The number of hydrogen-bond donors (Lipinski definition) is 0. The molecule has 0 N–H and O–H groups in total. The third-order valence-electron chi connectivity index (χ3n) is 4.46. The average molecular weight is 352 g/mol. The van der Waals surface area contributed by atoms with Crippen LogP contribution in [-0.2, 0) is 19.0 Å². The summed E-state index contributed by atoms with van der Waals surface area (Å²) in [7, 11) is 0. The zero-order valence-corrected chi connectivity index (χ0v) is 14.6. The summed E-state index contributed by atoms with van der Waals surface area (Å²) >= 11 is 0. The Hall–Kier alpha value is -1.84. The topological polar surface area (TPSA) is 0 Å². The second kappa shape index (κ2) is 8.50. The molecule has 0 aliphatic rings. The first kappa shape index (κ1) is 19.5. The maximum atomic E-state index is 13.2. The lowest BCUT2D eigenvalue weighted by Gasteiger charge is -2.16. The van der Waals surface area contributed by atoms with Crippen molar-refractivity contribution in [1.29, 1.82) is 0 Å². The molecule has 0 aliphatic heterocycles. The van der Waals surface area contributed by atoms with Crippen LogP contribution in [0.1, 0.15) is 43.4 Å². The van der Waals surface area contributed by atoms with Gasteiger partial charge in [0.05, 0.1) is 5.56 Å². The van der Waals surface area contributed by atoms with Crippen LogP contribution in [0.3, 0.4) is 0 Å². The highest BCUT2D eigenvalue weighted by atomic mass is 19.4. The Bertz CT molecular complexity index is 676. The largest absolute Gasteiger partial charge is 0.416 e. The maximum Gasteiger partial charge on any atom is 0.416 e. The van der Waals surface area contributed by atoms with E-state index in [2.05, 4.69) is 13.8 Å². The molecule has 0 heterocycles. The van der Waals surface area contributed by atoms with Gasteiger partial charge in [0.25, 0.3) is 0 Å². The molecule has 0 saturated heterocycles. The van der Waals surface area contributed by atoms with Gasteiger partial charge in [-0.1, -0.05) is 57.0 Å². The molecule has 0 fully saturated rings. The van der Waals surface area contributed by atoms with Crippen LogP contribution in [0.5, 0.6) is 0 Å². The predicted molar refractivity (Wildman–Crippen MR) is 92.8 cm³/mol. The minimum atomic E-state index is -4.29. The zero-order valence-electron chi connectivity index (χ0n) is 14.6. The third-order valence-corrected chi connectivity index (χ3v) is 4.46. The molecule has 25 heavy (non-hydrogen) atoms. The Labute approximate surface area is 146 Å². The van der Waals surface area contributed by atoms with Crippen molar-refractivity contribution >= 4 is 0 Å². The Morgan fingerprint density at radius 3 is 1.84 bits per heavy atom. The van der Waals surface area contributed by atoms with Gasteiger partial charge >= 0.3 is 6.18 Å². The van der Waals surface area contributed by atoms with Gasteiger partial charge in [-0.2, -0.15) is 13.2 Å². The van der Waals surface area contributed by atoms with E-state index >= 15 is 0 Å². The molecule has 2 rings (SSSR count). The van der Waals surface area contributed by atoms with E-state index in [1.54, 1.807) is 18.2 Å². The summed E-state index contributed by atoms with van der Waals surface area (Å²) in [6, 6.07) is 12.2. The Morgan fingerprint density at radius 1 is 0.800 bits per heavy atom. The lowest BCUT2D eigenvalue weighted by Crippen LogP contribution is -2.08. The summed E-state index contributed by atoms with van der Waals surface area (Å²) in [6.45, 7) is 4.19. The number of rotatable bonds is 7. The normalized spacial score (nSPS) is 14.3. The van der Waals surface area contributed by atoms with Gasteiger partial charge in [0.1, 0.15) is 5.82 Å². The fraction of sp³-hybridized carbons (Fsp3) is 0.429. The molecule has 0 radical (unpaired) electrons. The van der Waals surface area contributed by atoms with Gasteiger partial charge in [-0.05, 0) is 54.0 Å². The van der Waals surface area contributed by atoms with Gasteiger partial charge in [0, 0.05) is 0 Å². The van der Waals surface area contributed by atoms with Gasteiger partial charge in [-0.3, -0.25) is 0 Å². The van der Waals surface area contributed by atoms with E-state index < -0.39 is 11.7 Å². The first-order chi connectivity index (χ1) is 11.7. The van der Waals surface area contributed by atoms with Crippen LogP contribution in [0.2, 0.25) is 0 Å². The number of benzene rings is 2. The van der Waals surface area contributed by atoms with Gasteiger partial charge in [0.15, 0.2) is 0 Å². The van der Waals surface area contributed by atoms with E-state index in [1.807, 2.05) is 6.07 Å². The van der Waals surface area contributed by atoms with Gasteiger partial charge in [0.2, 0.25) is 0 Å². The quantitative estimate of drug-likeness (QED) is 0.487. The SMILES string of the molecule is CC(CCC(C)Cc1cccc(C(F)(F)F)c1)Cc1cccc(F)c1. The summed E-state index contributed by atoms with van der Waals surface area (Å²) in [4.78, 5) is 0. The first-order valence-electron chi connectivity index (χ1n) is 8.64. The average Bonchev–Trinajstić information content (AvgIpc) is 2.52. The fourth-order valence-electron chi connectivity index (χ4n) is 3.12. The molecule has 2 unspecified atom stereocenters. The molecule has 0 aliphatic carbocycles. The van der Waals surface area contributed by atoms with Crippen molar-refractivity contribution in [3.05, 3.63) is 71.0 Å². The Kier molecular flexibility index (Phi) is 6.63. The molecule has 4 heteroatoms. The van der Waals surface area contributed by atoms with Crippen molar-refractivity contribution in [3.63, 3.8) is 0 Å². The van der Waals surface area contributed by atoms with E-state index in [4.69, 9.17) is 0 Å². The number of alkyl halides is 3. The van der Waals surface area contributed by atoms with Gasteiger partial charge in [-0.25, -0.2) is 4.39 Å². The highest BCUT2D eigenvalue weighted by Crippen LogP contribution is 2.30. The maximum absolute atomic E-state index is 13.2. The van der Waals surface area contributed by atoms with E-state index in [9.17, 15) is 17.6 Å². The first-order valence-corrected chi connectivity index (χ1v) is 8.64. The summed E-state index contributed by atoms with van der Waals surface area (Å²) in [6.07, 6.45) is -0.938. The van der Waals surface area contributed by atoms with Gasteiger partial charge < -0.3 is 0 Å². The lowest BCUT2D eigenvalue weighted by atomic mass is 9.90. The van der Waals surface area contributed by atoms with Gasteiger partial charge in [-0.15, -0.1) is 0 Å². The minimum Gasteiger partial charge on any atom is -0.207 e. The molecule has 0 nitrogen and oxygen atoms in total. The lowest BCUT2D eigenvalue weighted by molar-refractivity contribution is -0.137. The second-order valence-corrected chi connectivity index (χ2v) is 7.02. The van der Waals surface area contributed by atoms with Crippen LogP contribution in [0.15, 0.2) is 48.5 Å². The van der Waals surface area contributed by atoms with Crippen molar-refractivity contribution in [1.82, 2.24) is 0 Å². The number of halogens is 4. The second-order valence-electron chi connectivity index (χ2n) is 7.02. The van der Waals surface area contributed by atoms with E-state index in [-0.39, 0.29) is 5.82 Å². The van der Waals surface area contributed by atoms with Crippen molar-refractivity contribution in [3.8, 4) is 0 Å². The number of hydrogen-bond acceptors (Lipinski definition) is 0. The molecule has 0 spiro atoms. The summed E-state index contributed by atoms with van der Waals surface area (Å²) in [5.41, 5.74) is 1.12. The Morgan fingerprint density at radius 2 is 1.32 bits per heavy atom. The molecule has 2 atom stereocenters. The van der Waals surface area contributed by atoms with E-state index in [0.717, 1.165) is 36.5 Å². The highest BCUT2D eigenvalue weighted by molar-refractivity contribution is 5.26. The highest BCUT2D eigenvalue weighted by Gasteiger charge is 2.30. The van der Waals surface area contributed by atoms with E-state index in [0.29, 0.717) is 18.3 Å². The smallest absolute Gasteiger partial charge is 0.207 e. The van der Waals surface area contributed by atoms with Crippen molar-refractivity contribution < 1.29 is 17.6 Å². The van der Waals surface area contributed by atoms with Crippen molar-refractivity contribution in [2.45, 2.75) is 45.7 Å². The Balaban J connectivity index is 1.83. The monoisotopic (exact) mass is 352 g/mol. The van der Waals surface area contributed by atoms with Crippen molar-refractivity contribution in [2.24, 2.45) is 11.8 Å². The van der Waals surface area contributed by atoms with Crippen LogP contribution in [0.4, 0.5) is 17.6 Å². The molecule has 2 aromatic carbocycles. The summed E-state index contributed by atoms with van der Waals surface area (Å²) in [5, 5.41) is 0.